The summed E-state index contributed by atoms with van der Waals surface area (Å²) < 4.78 is 13.3. The molecule has 0 unspecified atom stereocenters. The van der Waals surface area contributed by atoms with Gasteiger partial charge in [-0.3, -0.25) is 9.58 Å². The topological polar surface area (TPSA) is 39.5 Å². The molecule has 1 aromatic heterocycles. The van der Waals surface area contributed by atoms with E-state index in [0.717, 1.165) is 44.5 Å². The Morgan fingerprint density at radius 3 is 2.80 bits per heavy atom. The van der Waals surface area contributed by atoms with Crippen molar-refractivity contribution in [1.82, 2.24) is 14.7 Å². The van der Waals surface area contributed by atoms with Crippen LogP contribution in [0.4, 0.5) is 0 Å². The summed E-state index contributed by atoms with van der Waals surface area (Å²) in [6.45, 7) is 4.63. The zero-order chi connectivity index (χ0) is 17.2. The Morgan fingerprint density at radius 2 is 2.04 bits per heavy atom. The Morgan fingerprint density at radius 1 is 1.20 bits per heavy atom. The first-order chi connectivity index (χ1) is 12.3. The Labute approximate surface area is 149 Å². The highest BCUT2D eigenvalue weighted by atomic mass is 16.5. The monoisotopic (exact) mass is 341 g/mol. The first kappa shape index (κ1) is 16.6. The van der Waals surface area contributed by atoms with Crippen LogP contribution in [-0.4, -0.2) is 42.1 Å². The third-order valence-electron chi connectivity index (χ3n) is 5.36. The Bertz CT molecular complexity index is 723. The van der Waals surface area contributed by atoms with E-state index in [4.69, 9.17) is 14.6 Å². The van der Waals surface area contributed by atoms with E-state index in [2.05, 4.69) is 27.9 Å². The molecular weight excluding hydrogens is 314 g/mol. The Kier molecular flexibility index (Phi) is 4.77. The number of methoxy groups -OCH3 is 2. The second kappa shape index (κ2) is 7.18. The molecule has 0 N–H and O–H groups in total. The van der Waals surface area contributed by atoms with Gasteiger partial charge < -0.3 is 9.47 Å². The van der Waals surface area contributed by atoms with Gasteiger partial charge in [-0.05, 0) is 24.8 Å². The first-order valence-electron chi connectivity index (χ1n) is 9.16. The summed E-state index contributed by atoms with van der Waals surface area (Å²) in [6.07, 6.45) is 4.77. The van der Waals surface area contributed by atoms with Gasteiger partial charge in [-0.1, -0.05) is 18.2 Å². The van der Waals surface area contributed by atoms with Gasteiger partial charge in [-0.2, -0.15) is 5.10 Å². The van der Waals surface area contributed by atoms with Crippen molar-refractivity contribution in [2.45, 2.75) is 38.4 Å². The molecule has 0 spiro atoms. The largest absolute Gasteiger partial charge is 0.496 e. The van der Waals surface area contributed by atoms with Crippen molar-refractivity contribution in [2.24, 2.45) is 5.92 Å². The molecule has 0 bridgehead atoms. The molecule has 2 aromatic rings. The SMILES string of the molecule is COC[C@@H]1CN(Cc2ccccc2OC)Cc2c1cnn2CC1CC1. The van der Waals surface area contributed by atoms with Crippen LogP contribution in [0.2, 0.25) is 0 Å². The number of fused-ring (bicyclic) bond motifs is 1. The second-order valence-electron chi connectivity index (χ2n) is 7.31. The lowest BCUT2D eigenvalue weighted by Crippen LogP contribution is -2.35. The Hall–Kier alpha value is -1.85. The number of rotatable bonds is 7. The summed E-state index contributed by atoms with van der Waals surface area (Å²) >= 11 is 0. The number of nitrogens with zero attached hydrogens (tertiary/aromatic N) is 3. The third-order valence-corrected chi connectivity index (χ3v) is 5.36. The van der Waals surface area contributed by atoms with Crippen molar-refractivity contribution in [3.63, 3.8) is 0 Å². The van der Waals surface area contributed by atoms with Crippen molar-refractivity contribution in [1.29, 1.82) is 0 Å². The molecule has 0 radical (unpaired) electrons. The van der Waals surface area contributed by atoms with Gasteiger partial charge in [-0.25, -0.2) is 0 Å². The normalized spacial score (nSPS) is 20.5. The molecule has 0 saturated heterocycles. The molecule has 1 atom stereocenters. The molecule has 0 amide bonds. The molecule has 1 aromatic carbocycles. The van der Waals surface area contributed by atoms with Crippen LogP contribution in [0.25, 0.3) is 0 Å². The highest BCUT2D eigenvalue weighted by Crippen LogP contribution is 2.34. The van der Waals surface area contributed by atoms with Gasteiger partial charge >= 0.3 is 0 Å². The van der Waals surface area contributed by atoms with Gasteiger partial charge in [0.05, 0.1) is 25.6 Å². The van der Waals surface area contributed by atoms with E-state index in [9.17, 15) is 0 Å². The zero-order valence-corrected chi connectivity index (χ0v) is 15.1. The van der Waals surface area contributed by atoms with E-state index in [1.807, 2.05) is 12.1 Å². The van der Waals surface area contributed by atoms with Crippen LogP contribution in [0.1, 0.15) is 35.6 Å². The lowest BCUT2D eigenvalue weighted by molar-refractivity contribution is 0.133. The fraction of sp³-hybridized carbons (Fsp3) is 0.550. The molecule has 25 heavy (non-hydrogen) atoms. The molecule has 5 nitrogen and oxygen atoms in total. The molecule has 2 aliphatic rings. The molecule has 1 fully saturated rings. The highest BCUT2D eigenvalue weighted by Gasteiger charge is 2.31. The van der Waals surface area contributed by atoms with E-state index >= 15 is 0 Å². The fourth-order valence-electron chi connectivity index (χ4n) is 3.87. The molecule has 1 saturated carbocycles. The van der Waals surface area contributed by atoms with Crippen molar-refractivity contribution in [3.05, 3.63) is 47.3 Å². The van der Waals surface area contributed by atoms with Gasteiger partial charge in [0.1, 0.15) is 5.75 Å². The van der Waals surface area contributed by atoms with Crippen LogP contribution in [0, 0.1) is 5.92 Å². The van der Waals surface area contributed by atoms with Crippen molar-refractivity contribution < 1.29 is 9.47 Å². The predicted molar refractivity (Wildman–Crippen MR) is 96.7 cm³/mol. The number of para-hydroxylation sites is 1. The minimum absolute atomic E-state index is 0.386. The van der Waals surface area contributed by atoms with Gasteiger partial charge in [0.15, 0.2) is 0 Å². The lowest BCUT2D eigenvalue weighted by Gasteiger charge is -2.33. The van der Waals surface area contributed by atoms with Crippen LogP contribution in [0.15, 0.2) is 30.5 Å². The van der Waals surface area contributed by atoms with E-state index < -0.39 is 0 Å². The van der Waals surface area contributed by atoms with Gasteiger partial charge in [0, 0.05) is 50.3 Å². The van der Waals surface area contributed by atoms with Gasteiger partial charge in [0.25, 0.3) is 0 Å². The standard InChI is InChI=1S/C20H27N3O2/c1-24-14-17-12-22(11-16-5-3-4-6-20(16)25-2)13-19-18(17)9-21-23(19)10-15-7-8-15/h3-6,9,15,17H,7-8,10-14H2,1-2H3/t17-/m0/s1. The minimum Gasteiger partial charge on any atom is -0.496 e. The molecular formula is C20H27N3O2. The Balaban J connectivity index is 1.57. The summed E-state index contributed by atoms with van der Waals surface area (Å²) in [5.74, 6) is 2.17. The third kappa shape index (κ3) is 3.58. The smallest absolute Gasteiger partial charge is 0.123 e. The summed E-state index contributed by atoms with van der Waals surface area (Å²) in [5.41, 5.74) is 3.98. The van der Waals surface area contributed by atoms with Crippen LogP contribution in [0.5, 0.6) is 5.75 Å². The number of hydrogen-bond donors (Lipinski definition) is 0. The average molecular weight is 341 g/mol. The number of benzene rings is 1. The summed E-state index contributed by atoms with van der Waals surface area (Å²) in [4.78, 5) is 2.49. The quantitative estimate of drug-likeness (QED) is 0.776. The van der Waals surface area contributed by atoms with Crippen LogP contribution in [-0.2, 0) is 24.4 Å². The number of ether oxygens (including phenoxy) is 2. The van der Waals surface area contributed by atoms with Crippen molar-refractivity contribution in [3.8, 4) is 5.75 Å². The fourth-order valence-corrected chi connectivity index (χ4v) is 3.87. The van der Waals surface area contributed by atoms with E-state index in [1.54, 1.807) is 14.2 Å². The van der Waals surface area contributed by atoms with Crippen LogP contribution < -0.4 is 4.74 Å². The van der Waals surface area contributed by atoms with Gasteiger partial charge in [0.2, 0.25) is 0 Å². The average Bonchev–Trinajstić information content (AvgIpc) is 3.35. The number of hydrogen-bond acceptors (Lipinski definition) is 4. The zero-order valence-electron chi connectivity index (χ0n) is 15.1. The van der Waals surface area contributed by atoms with Crippen molar-refractivity contribution >= 4 is 0 Å². The summed E-state index contributed by atoms with van der Waals surface area (Å²) in [6, 6.07) is 8.29. The highest BCUT2D eigenvalue weighted by molar-refractivity contribution is 5.34. The van der Waals surface area contributed by atoms with E-state index in [1.165, 1.54) is 29.7 Å². The van der Waals surface area contributed by atoms with E-state index in [-0.39, 0.29) is 0 Å². The predicted octanol–water partition coefficient (Wildman–Crippen LogP) is 3.05. The van der Waals surface area contributed by atoms with Gasteiger partial charge in [-0.15, -0.1) is 0 Å². The molecule has 1 aliphatic carbocycles. The summed E-state index contributed by atoms with van der Waals surface area (Å²) in [7, 11) is 3.53. The first-order valence-corrected chi connectivity index (χ1v) is 9.16. The molecule has 5 heteroatoms. The molecule has 134 valence electrons. The van der Waals surface area contributed by atoms with Crippen LogP contribution >= 0.6 is 0 Å². The maximum absolute atomic E-state index is 5.53. The van der Waals surface area contributed by atoms with E-state index in [0.29, 0.717) is 5.92 Å². The minimum atomic E-state index is 0.386. The lowest BCUT2D eigenvalue weighted by atomic mass is 9.95. The molecule has 2 heterocycles. The van der Waals surface area contributed by atoms with Crippen molar-refractivity contribution in [2.75, 3.05) is 27.4 Å². The maximum atomic E-state index is 5.53. The van der Waals surface area contributed by atoms with Crippen LogP contribution in [0.3, 0.4) is 0 Å². The maximum Gasteiger partial charge on any atom is 0.123 e. The number of aromatic nitrogens is 2. The second-order valence-corrected chi connectivity index (χ2v) is 7.31. The molecule has 1 aliphatic heterocycles. The summed E-state index contributed by atoms with van der Waals surface area (Å²) in [5, 5.41) is 4.70. The molecule has 4 rings (SSSR count).